The topological polar surface area (TPSA) is 47.7 Å². The van der Waals surface area contributed by atoms with E-state index in [9.17, 15) is 0 Å². The Balaban J connectivity index is 1.70. The van der Waals surface area contributed by atoms with Gasteiger partial charge in [0.2, 0.25) is 0 Å². The number of rotatable bonds is 7. The fourth-order valence-corrected chi connectivity index (χ4v) is 2.56. The summed E-state index contributed by atoms with van der Waals surface area (Å²) in [5.74, 6) is 0.888. The molecule has 1 aromatic rings. The van der Waals surface area contributed by atoms with Crippen LogP contribution < -0.4 is 10.5 Å². The summed E-state index contributed by atoms with van der Waals surface area (Å²) in [5, 5.41) is 0. The Morgan fingerprint density at radius 1 is 1.40 bits per heavy atom. The quantitative estimate of drug-likeness (QED) is 0.774. The first-order valence-corrected chi connectivity index (χ1v) is 7.33. The first-order chi connectivity index (χ1) is 9.67. The number of thiocarbonyl (C=S) groups is 1. The van der Waals surface area contributed by atoms with Crippen LogP contribution in [0.2, 0.25) is 0 Å². The summed E-state index contributed by atoms with van der Waals surface area (Å²) in [4.78, 5) is 2.88. The summed E-state index contributed by atoms with van der Waals surface area (Å²) in [7, 11) is 1.78. The maximum atomic E-state index is 5.75. The highest BCUT2D eigenvalue weighted by molar-refractivity contribution is 7.80. The number of benzene rings is 1. The lowest BCUT2D eigenvalue weighted by molar-refractivity contribution is 0.106. The minimum atomic E-state index is 0.384. The smallest absolute Gasteiger partial charge is 0.119 e. The van der Waals surface area contributed by atoms with Gasteiger partial charge in [0, 0.05) is 33.2 Å². The maximum Gasteiger partial charge on any atom is 0.119 e. The molecule has 1 heterocycles. The standard InChI is InChI=1S/C15H22N2O2S/c1-18-14-6-7-17(11-14)8-9-19-13-4-2-12(3-5-13)10-15(16)20/h2-5,14H,6-11H2,1H3,(H2,16,20). The van der Waals surface area contributed by atoms with Gasteiger partial charge in [-0.3, -0.25) is 4.90 Å². The van der Waals surface area contributed by atoms with E-state index >= 15 is 0 Å². The molecule has 1 aliphatic heterocycles. The number of hydrogen-bond donors (Lipinski definition) is 1. The summed E-state index contributed by atoms with van der Waals surface area (Å²) in [6.07, 6.45) is 2.14. The summed E-state index contributed by atoms with van der Waals surface area (Å²) in [6.45, 7) is 3.74. The minimum absolute atomic E-state index is 0.384. The molecule has 1 aliphatic rings. The Kier molecular flexibility index (Phi) is 5.76. The van der Waals surface area contributed by atoms with Gasteiger partial charge < -0.3 is 15.2 Å². The van der Waals surface area contributed by atoms with Crippen LogP contribution in [0.3, 0.4) is 0 Å². The van der Waals surface area contributed by atoms with E-state index in [1.165, 1.54) is 0 Å². The third-order valence-corrected chi connectivity index (χ3v) is 3.68. The summed E-state index contributed by atoms with van der Waals surface area (Å²) in [6, 6.07) is 7.95. The number of nitrogens with zero attached hydrogens (tertiary/aromatic N) is 1. The Morgan fingerprint density at radius 3 is 2.75 bits per heavy atom. The predicted octanol–water partition coefficient (Wildman–Crippen LogP) is 1.61. The van der Waals surface area contributed by atoms with Crippen LogP contribution in [0, 0.1) is 0 Å². The van der Waals surface area contributed by atoms with Crippen molar-refractivity contribution < 1.29 is 9.47 Å². The van der Waals surface area contributed by atoms with Crippen LogP contribution in [0.1, 0.15) is 12.0 Å². The molecule has 0 bridgehead atoms. The van der Waals surface area contributed by atoms with E-state index in [-0.39, 0.29) is 0 Å². The molecule has 1 fully saturated rings. The lowest BCUT2D eigenvalue weighted by atomic mass is 10.1. The SMILES string of the molecule is COC1CCN(CCOc2ccc(CC(N)=S)cc2)C1. The lowest BCUT2D eigenvalue weighted by Gasteiger charge is -2.16. The Bertz CT molecular complexity index is 436. The molecule has 2 N–H and O–H groups in total. The normalized spacial score (nSPS) is 19.1. The van der Waals surface area contributed by atoms with Crippen molar-refractivity contribution in [2.45, 2.75) is 18.9 Å². The molecule has 2 rings (SSSR count). The van der Waals surface area contributed by atoms with Crippen molar-refractivity contribution in [3.8, 4) is 5.75 Å². The van der Waals surface area contributed by atoms with E-state index < -0.39 is 0 Å². The molecule has 110 valence electrons. The van der Waals surface area contributed by atoms with Gasteiger partial charge >= 0.3 is 0 Å². The van der Waals surface area contributed by atoms with Gasteiger partial charge in [-0.25, -0.2) is 0 Å². The molecular formula is C15H22N2O2S. The van der Waals surface area contributed by atoms with Crippen LogP contribution in [0.25, 0.3) is 0 Å². The van der Waals surface area contributed by atoms with Gasteiger partial charge in [-0.2, -0.15) is 0 Å². The number of nitrogens with two attached hydrogens (primary N) is 1. The highest BCUT2D eigenvalue weighted by atomic mass is 32.1. The van der Waals surface area contributed by atoms with Gasteiger partial charge in [0.15, 0.2) is 0 Å². The molecule has 0 spiro atoms. The zero-order valence-electron chi connectivity index (χ0n) is 11.9. The molecule has 0 radical (unpaired) electrons. The number of likely N-dealkylation sites (tertiary alicyclic amines) is 1. The predicted molar refractivity (Wildman–Crippen MR) is 84.3 cm³/mol. The third kappa shape index (κ3) is 4.74. The van der Waals surface area contributed by atoms with Gasteiger partial charge in [-0.1, -0.05) is 24.4 Å². The van der Waals surface area contributed by atoms with Crippen molar-refractivity contribution in [3.05, 3.63) is 29.8 Å². The Morgan fingerprint density at radius 2 is 2.15 bits per heavy atom. The highest BCUT2D eigenvalue weighted by Gasteiger charge is 2.21. The van der Waals surface area contributed by atoms with Crippen LogP contribution in [-0.2, 0) is 11.2 Å². The van der Waals surface area contributed by atoms with Crippen molar-refractivity contribution in [2.24, 2.45) is 5.73 Å². The molecule has 20 heavy (non-hydrogen) atoms. The van der Waals surface area contributed by atoms with Crippen LogP contribution in [0.5, 0.6) is 5.75 Å². The molecular weight excluding hydrogens is 272 g/mol. The van der Waals surface area contributed by atoms with Crippen molar-refractivity contribution in [3.63, 3.8) is 0 Å². The average molecular weight is 294 g/mol. The minimum Gasteiger partial charge on any atom is -0.492 e. The summed E-state index contributed by atoms with van der Waals surface area (Å²) in [5.41, 5.74) is 6.64. The van der Waals surface area contributed by atoms with Crippen molar-refractivity contribution in [2.75, 3.05) is 33.4 Å². The molecule has 1 unspecified atom stereocenters. The third-order valence-electron chi connectivity index (χ3n) is 3.54. The van der Waals surface area contributed by atoms with Crippen LogP contribution in [-0.4, -0.2) is 49.3 Å². The molecule has 1 saturated heterocycles. The maximum absolute atomic E-state index is 5.75. The molecule has 0 saturated carbocycles. The Hall–Kier alpha value is -1.17. The molecule has 0 aromatic heterocycles. The molecule has 1 aromatic carbocycles. The monoisotopic (exact) mass is 294 g/mol. The van der Waals surface area contributed by atoms with Gasteiger partial charge in [-0.15, -0.1) is 0 Å². The second-order valence-corrected chi connectivity index (χ2v) is 5.61. The van der Waals surface area contributed by atoms with E-state index in [0.717, 1.165) is 37.4 Å². The van der Waals surface area contributed by atoms with Crippen molar-refractivity contribution >= 4 is 17.2 Å². The van der Waals surface area contributed by atoms with Gasteiger partial charge in [0.1, 0.15) is 12.4 Å². The van der Waals surface area contributed by atoms with E-state index in [1.807, 2.05) is 24.3 Å². The largest absolute Gasteiger partial charge is 0.492 e. The fourth-order valence-electron chi connectivity index (χ4n) is 2.39. The number of ether oxygens (including phenoxy) is 2. The van der Waals surface area contributed by atoms with Crippen LogP contribution >= 0.6 is 12.2 Å². The van der Waals surface area contributed by atoms with Crippen molar-refractivity contribution in [1.82, 2.24) is 4.90 Å². The molecule has 5 heteroatoms. The van der Waals surface area contributed by atoms with Crippen molar-refractivity contribution in [1.29, 1.82) is 0 Å². The fraction of sp³-hybridized carbons (Fsp3) is 0.533. The zero-order valence-corrected chi connectivity index (χ0v) is 12.7. The Labute approximate surface area is 125 Å². The average Bonchev–Trinajstić information content (AvgIpc) is 2.88. The van der Waals surface area contributed by atoms with E-state index in [4.69, 9.17) is 27.4 Å². The first kappa shape index (κ1) is 15.2. The lowest BCUT2D eigenvalue weighted by Crippen LogP contribution is -2.27. The second kappa shape index (κ2) is 7.57. The van der Waals surface area contributed by atoms with Gasteiger partial charge in [0.25, 0.3) is 0 Å². The molecule has 0 aliphatic carbocycles. The van der Waals surface area contributed by atoms with E-state index in [0.29, 0.717) is 24.1 Å². The second-order valence-electron chi connectivity index (χ2n) is 5.08. The highest BCUT2D eigenvalue weighted by Crippen LogP contribution is 2.14. The summed E-state index contributed by atoms with van der Waals surface area (Å²) >= 11 is 4.89. The van der Waals surface area contributed by atoms with Crippen LogP contribution in [0.4, 0.5) is 0 Å². The van der Waals surface area contributed by atoms with Gasteiger partial charge in [0.05, 0.1) is 11.1 Å². The molecule has 0 amide bonds. The van der Waals surface area contributed by atoms with E-state index in [1.54, 1.807) is 7.11 Å². The molecule has 1 atom stereocenters. The first-order valence-electron chi connectivity index (χ1n) is 6.92. The zero-order chi connectivity index (χ0) is 14.4. The van der Waals surface area contributed by atoms with Gasteiger partial charge in [-0.05, 0) is 24.1 Å². The van der Waals surface area contributed by atoms with E-state index in [2.05, 4.69) is 4.90 Å². The summed E-state index contributed by atoms with van der Waals surface area (Å²) < 4.78 is 11.1. The molecule has 4 nitrogen and oxygen atoms in total. The number of hydrogen-bond acceptors (Lipinski definition) is 4. The number of methoxy groups -OCH3 is 1. The van der Waals surface area contributed by atoms with Crippen LogP contribution in [0.15, 0.2) is 24.3 Å².